The number of nitrogens with zero attached hydrogens (tertiary/aromatic N) is 1. The van der Waals surface area contributed by atoms with Crippen molar-refractivity contribution in [3.8, 4) is 0 Å². The number of hydrogen-bond acceptors (Lipinski definition) is 3. The Balaban J connectivity index is 1.74. The molecule has 0 radical (unpaired) electrons. The van der Waals surface area contributed by atoms with Crippen LogP contribution in [-0.4, -0.2) is 50.8 Å². The molecule has 1 aromatic carbocycles. The Labute approximate surface area is 123 Å². The molecule has 0 saturated carbocycles. The minimum atomic E-state index is 0.604. The second-order valence-corrected chi connectivity index (χ2v) is 5.70. The van der Waals surface area contributed by atoms with Gasteiger partial charge in [-0.3, -0.25) is 4.90 Å². The molecule has 1 atom stereocenters. The molecular weight excluding hydrogens is 248 g/mol. The van der Waals surface area contributed by atoms with Crippen LogP contribution < -0.4 is 5.32 Å². The van der Waals surface area contributed by atoms with Gasteiger partial charge in [-0.1, -0.05) is 24.3 Å². The van der Waals surface area contributed by atoms with Gasteiger partial charge in [0.1, 0.15) is 0 Å². The molecule has 0 bridgehead atoms. The summed E-state index contributed by atoms with van der Waals surface area (Å²) in [4.78, 5) is 2.61. The summed E-state index contributed by atoms with van der Waals surface area (Å²) in [5.41, 5.74) is 3.07. The Bertz CT molecular complexity index is 367. The van der Waals surface area contributed by atoms with Crippen LogP contribution in [0.4, 0.5) is 0 Å². The highest BCUT2D eigenvalue weighted by Crippen LogP contribution is 2.16. The van der Waals surface area contributed by atoms with Crippen LogP contribution in [0.2, 0.25) is 0 Å². The van der Waals surface area contributed by atoms with Crippen molar-refractivity contribution in [2.24, 2.45) is 0 Å². The SMILES string of the molecule is COCCCNCC(C)N1CCc2ccccc2CC1. The van der Waals surface area contributed by atoms with Crippen molar-refractivity contribution in [3.63, 3.8) is 0 Å². The van der Waals surface area contributed by atoms with Crippen molar-refractivity contribution in [3.05, 3.63) is 35.4 Å². The van der Waals surface area contributed by atoms with Gasteiger partial charge in [-0.25, -0.2) is 0 Å². The molecule has 1 N–H and O–H groups in total. The van der Waals surface area contributed by atoms with Crippen molar-refractivity contribution in [1.29, 1.82) is 0 Å². The predicted molar refractivity (Wildman–Crippen MR) is 84.2 cm³/mol. The van der Waals surface area contributed by atoms with Crippen molar-refractivity contribution >= 4 is 0 Å². The van der Waals surface area contributed by atoms with E-state index in [1.54, 1.807) is 7.11 Å². The summed E-state index contributed by atoms with van der Waals surface area (Å²) in [5, 5.41) is 3.54. The van der Waals surface area contributed by atoms with Gasteiger partial charge in [-0.05, 0) is 43.9 Å². The smallest absolute Gasteiger partial charge is 0.0474 e. The average Bonchev–Trinajstić information content (AvgIpc) is 2.69. The van der Waals surface area contributed by atoms with Gasteiger partial charge in [0, 0.05) is 39.4 Å². The minimum absolute atomic E-state index is 0.604. The molecule has 112 valence electrons. The molecule has 3 nitrogen and oxygen atoms in total. The van der Waals surface area contributed by atoms with Crippen LogP contribution in [0.1, 0.15) is 24.5 Å². The Morgan fingerprint density at radius 2 is 1.85 bits per heavy atom. The normalized spacial score (nSPS) is 17.5. The van der Waals surface area contributed by atoms with E-state index in [2.05, 4.69) is 41.4 Å². The first-order valence-electron chi connectivity index (χ1n) is 7.81. The van der Waals surface area contributed by atoms with Crippen LogP contribution in [0.5, 0.6) is 0 Å². The largest absolute Gasteiger partial charge is 0.385 e. The Kier molecular flexibility index (Phi) is 6.51. The van der Waals surface area contributed by atoms with Gasteiger partial charge in [0.05, 0.1) is 0 Å². The Hall–Kier alpha value is -0.900. The molecule has 1 aliphatic heterocycles. The highest BCUT2D eigenvalue weighted by atomic mass is 16.5. The summed E-state index contributed by atoms with van der Waals surface area (Å²) < 4.78 is 5.07. The monoisotopic (exact) mass is 276 g/mol. The number of rotatable bonds is 7. The predicted octanol–water partition coefficient (Wildman–Crippen LogP) is 2.10. The molecule has 1 heterocycles. The van der Waals surface area contributed by atoms with E-state index in [-0.39, 0.29) is 0 Å². The van der Waals surface area contributed by atoms with E-state index in [0.717, 1.165) is 26.1 Å². The zero-order valence-corrected chi connectivity index (χ0v) is 12.9. The van der Waals surface area contributed by atoms with Gasteiger partial charge >= 0.3 is 0 Å². The fourth-order valence-electron chi connectivity index (χ4n) is 2.91. The maximum atomic E-state index is 5.07. The van der Waals surface area contributed by atoms with E-state index < -0.39 is 0 Å². The van der Waals surface area contributed by atoms with Crippen LogP contribution in [0.15, 0.2) is 24.3 Å². The van der Waals surface area contributed by atoms with Gasteiger partial charge in [0.2, 0.25) is 0 Å². The van der Waals surface area contributed by atoms with Crippen molar-refractivity contribution in [2.45, 2.75) is 32.2 Å². The van der Waals surface area contributed by atoms with E-state index in [1.807, 2.05) is 0 Å². The first kappa shape index (κ1) is 15.5. The summed E-state index contributed by atoms with van der Waals surface area (Å²) in [5.74, 6) is 0. The number of hydrogen-bond donors (Lipinski definition) is 1. The molecule has 20 heavy (non-hydrogen) atoms. The first-order valence-corrected chi connectivity index (χ1v) is 7.81. The fraction of sp³-hybridized carbons (Fsp3) is 0.647. The molecular formula is C17H28N2O. The first-order chi connectivity index (χ1) is 9.81. The minimum Gasteiger partial charge on any atom is -0.385 e. The number of methoxy groups -OCH3 is 1. The van der Waals surface area contributed by atoms with Gasteiger partial charge in [0.25, 0.3) is 0 Å². The van der Waals surface area contributed by atoms with Crippen LogP contribution in [0.3, 0.4) is 0 Å². The molecule has 0 spiro atoms. The lowest BCUT2D eigenvalue weighted by atomic mass is 10.0. The lowest BCUT2D eigenvalue weighted by Gasteiger charge is -2.27. The molecule has 1 aromatic rings. The summed E-state index contributed by atoms with van der Waals surface area (Å²) in [6.45, 7) is 7.65. The highest BCUT2D eigenvalue weighted by Gasteiger charge is 2.17. The highest BCUT2D eigenvalue weighted by molar-refractivity contribution is 5.28. The third-order valence-electron chi connectivity index (χ3n) is 4.22. The van der Waals surface area contributed by atoms with Crippen molar-refractivity contribution in [2.75, 3.05) is 39.9 Å². The molecule has 0 amide bonds. The Morgan fingerprint density at radius 1 is 1.20 bits per heavy atom. The molecule has 0 fully saturated rings. The maximum absolute atomic E-state index is 5.07. The second kappa shape index (κ2) is 8.40. The third-order valence-corrected chi connectivity index (χ3v) is 4.22. The maximum Gasteiger partial charge on any atom is 0.0474 e. The topological polar surface area (TPSA) is 24.5 Å². The lowest BCUT2D eigenvalue weighted by molar-refractivity contribution is 0.189. The van der Waals surface area contributed by atoms with E-state index >= 15 is 0 Å². The fourth-order valence-corrected chi connectivity index (χ4v) is 2.91. The van der Waals surface area contributed by atoms with Gasteiger partial charge < -0.3 is 10.1 Å². The van der Waals surface area contributed by atoms with E-state index in [0.29, 0.717) is 6.04 Å². The molecule has 0 aliphatic carbocycles. The van der Waals surface area contributed by atoms with Crippen molar-refractivity contribution < 1.29 is 4.74 Å². The average molecular weight is 276 g/mol. The molecule has 1 aliphatic rings. The van der Waals surface area contributed by atoms with Gasteiger partial charge in [0.15, 0.2) is 0 Å². The summed E-state index contributed by atoms with van der Waals surface area (Å²) >= 11 is 0. The van der Waals surface area contributed by atoms with E-state index in [1.165, 1.54) is 37.1 Å². The van der Waals surface area contributed by atoms with Crippen LogP contribution in [0.25, 0.3) is 0 Å². The quantitative estimate of drug-likeness (QED) is 0.772. The summed E-state index contributed by atoms with van der Waals surface area (Å²) in [7, 11) is 1.76. The summed E-state index contributed by atoms with van der Waals surface area (Å²) in [6, 6.07) is 9.50. The zero-order valence-electron chi connectivity index (χ0n) is 12.9. The van der Waals surface area contributed by atoms with E-state index in [9.17, 15) is 0 Å². The Morgan fingerprint density at radius 3 is 2.45 bits per heavy atom. The van der Waals surface area contributed by atoms with Crippen LogP contribution in [-0.2, 0) is 17.6 Å². The zero-order chi connectivity index (χ0) is 14.2. The standard InChI is InChI=1S/C17H28N2O/c1-15(14-18-10-5-13-20-2)19-11-8-16-6-3-4-7-17(16)9-12-19/h3-4,6-7,15,18H,5,8-14H2,1-2H3. The number of benzene rings is 1. The van der Waals surface area contributed by atoms with E-state index in [4.69, 9.17) is 4.74 Å². The van der Waals surface area contributed by atoms with Gasteiger partial charge in [-0.2, -0.15) is 0 Å². The molecule has 3 heteroatoms. The third kappa shape index (κ3) is 4.58. The second-order valence-electron chi connectivity index (χ2n) is 5.70. The molecule has 0 saturated heterocycles. The lowest BCUT2D eigenvalue weighted by Crippen LogP contribution is -2.42. The molecule has 2 rings (SSSR count). The number of nitrogens with one attached hydrogen (secondary N) is 1. The molecule has 0 aromatic heterocycles. The molecule has 1 unspecified atom stereocenters. The summed E-state index contributed by atoms with van der Waals surface area (Å²) in [6.07, 6.45) is 3.46. The van der Waals surface area contributed by atoms with Crippen LogP contribution >= 0.6 is 0 Å². The van der Waals surface area contributed by atoms with Crippen molar-refractivity contribution in [1.82, 2.24) is 10.2 Å². The van der Waals surface area contributed by atoms with Crippen LogP contribution in [0, 0.1) is 0 Å². The van der Waals surface area contributed by atoms with Gasteiger partial charge in [-0.15, -0.1) is 0 Å². The number of ether oxygens (including phenoxy) is 1. The number of fused-ring (bicyclic) bond motifs is 1.